The van der Waals surface area contributed by atoms with Crippen LogP contribution in [0.1, 0.15) is 33.5 Å². The molecule has 0 atom stereocenters. The molecule has 0 aliphatic carbocycles. The topological polar surface area (TPSA) is 81.9 Å². The molecule has 0 aliphatic rings. The first-order valence-corrected chi connectivity index (χ1v) is 7.56. The summed E-state index contributed by atoms with van der Waals surface area (Å²) in [6.45, 7) is 7.67. The van der Waals surface area contributed by atoms with Crippen LogP contribution < -0.4 is 5.32 Å². The van der Waals surface area contributed by atoms with Crippen molar-refractivity contribution in [2.75, 3.05) is 11.9 Å². The van der Waals surface area contributed by atoms with Crippen molar-refractivity contribution in [2.45, 2.75) is 39.7 Å². The number of hydrogen-bond donors (Lipinski definition) is 1. The summed E-state index contributed by atoms with van der Waals surface area (Å²) in [5, 5.41) is 8.06. The van der Waals surface area contributed by atoms with Crippen LogP contribution in [0.2, 0.25) is 0 Å². The average molecular weight is 309 g/mol. The maximum absolute atomic E-state index is 12.0. The van der Waals surface area contributed by atoms with Gasteiger partial charge in [0.15, 0.2) is 5.54 Å². The molecule has 0 unspecified atom stereocenters. The molecule has 2 rings (SSSR count). The van der Waals surface area contributed by atoms with E-state index in [9.17, 15) is 4.79 Å². The number of anilines is 2. The van der Waals surface area contributed by atoms with E-state index in [1.807, 2.05) is 6.92 Å². The molecule has 7 nitrogen and oxygen atoms in total. The molecule has 0 fully saturated rings. The molecule has 2 aromatic rings. The monoisotopic (exact) mass is 309 g/mol. The largest absolute Gasteiger partial charge is 0.464 e. The van der Waals surface area contributed by atoms with Gasteiger partial charge in [-0.2, -0.15) is 9.47 Å². The van der Waals surface area contributed by atoms with Crippen LogP contribution in [0.15, 0.2) is 12.4 Å². The molecule has 0 saturated heterocycles. The quantitative estimate of drug-likeness (QED) is 0.825. The van der Waals surface area contributed by atoms with Crippen molar-refractivity contribution in [3.8, 4) is 0 Å². The van der Waals surface area contributed by atoms with Crippen LogP contribution in [0.5, 0.6) is 0 Å². The summed E-state index contributed by atoms with van der Waals surface area (Å²) >= 11 is 1.30. The number of carbonyl (C=O) groups excluding carboxylic acids is 1. The van der Waals surface area contributed by atoms with Gasteiger partial charge in [0.25, 0.3) is 0 Å². The second-order valence-corrected chi connectivity index (χ2v) is 5.70. The van der Waals surface area contributed by atoms with E-state index in [0.717, 1.165) is 17.9 Å². The summed E-state index contributed by atoms with van der Waals surface area (Å²) < 4.78 is 10.9. The Labute approximate surface area is 127 Å². The lowest BCUT2D eigenvalue weighted by atomic mass is 10.1. The molecule has 0 saturated carbocycles. The van der Waals surface area contributed by atoms with E-state index in [2.05, 4.69) is 19.8 Å². The SMILES string of the molecule is CCOC(=O)C(C)(C)n1cc(Nc2nc(CC)ns2)cn1. The molecule has 0 radical (unpaired) electrons. The van der Waals surface area contributed by atoms with Gasteiger partial charge in [0.05, 0.1) is 18.5 Å². The van der Waals surface area contributed by atoms with Crippen LogP contribution >= 0.6 is 11.5 Å². The first-order chi connectivity index (χ1) is 9.97. The predicted molar refractivity (Wildman–Crippen MR) is 80.8 cm³/mol. The highest BCUT2D eigenvalue weighted by Crippen LogP contribution is 2.22. The van der Waals surface area contributed by atoms with E-state index in [-0.39, 0.29) is 5.97 Å². The lowest BCUT2D eigenvalue weighted by Gasteiger charge is -2.22. The van der Waals surface area contributed by atoms with Crippen LogP contribution in [0.4, 0.5) is 10.8 Å². The third-order valence-electron chi connectivity index (χ3n) is 2.97. The molecule has 1 N–H and O–H groups in total. The number of nitrogens with one attached hydrogen (secondary N) is 1. The number of ether oxygens (including phenoxy) is 1. The second-order valence-electron chi connectivity index (χ2n) is 4.95. The standard InChI is InChI=1S/C13H19N5O2S/c1-5-10-16-12(21-17-10)15-9-7-14-18(8-9)13(3,4)11(19)20-6-2/h7-8H,5-6H2,1-4H3,(H,15,16,17). The van der Waals surface area contributed by atoms with Gasteiger partial charge in [-0.15, -0.1) is 0 Å². The Hall–Kier alpha value is -1.96. The number of hydrogen-bond acceptors (Lipinski definition) is 7. The van der Waals surface area contributed by atoms with E-state index >= 15 is 0 Å². The molecule has 8 heteroatoms. The minimum absolute atomic E-state index is 0.316. The summed E-state index contributed by atoms with van der Waals surface area (Å²) in [6, 6.07) is 0. The molecular formula is C13H19N5O2S. The van der Waals surface area contributed by atoms with Gasteiger partial charge in [0.2, 0.25) is 5.13 Å². The number of rotatable bonds is 6. The minimum Gasteiger partial charge on any atom is -0.464 e. The zero-order valence-electron chi connectivity index (χ0n) is 12.6. The van der Waals surface area contributed by atoms with Gasteiger partial charge in [-0.1, -0.05) is 6.92 Å². The molecular weight excluding hydrogens is 290 g/mol. The Morgan fingerprint density at radius 2 is 2.24 bits per heavy atom. The summed E-state index contributed by atoms with van der Waals surface area (Å²) in [4.78, 5) is 16.3. The number of esters is 1. The molecule has 21 heavy (non-hydrogen) atoms. The molecule has 0 aliphatic heterocycles. The number of carbonyl (C=O) groups is 1. The summed E-state index contributed by atoms with van der Waals surface area (Å²) in [6.07, 6.45) is 4.20. The van der Waals surface area contributed by atoms with Crippen LogP contribution in [-0.4, -0.2) is 31.7 Å². The second kappa shape index (κ2) is 6.21. The summed E-state index contributed by atoms with van der Waals surface area (Å²) in [5.74, 6) is 0.491. The lowest BCUT2D eigenvalue weighted by Crippen LogP contribution is -2.37. The van der Waals surface area contributed by atoms with Gasteiger partial charge in [-0.3, -0.25) is 4.68 Å². The molecule has 114 valence electrons. The first-order valence-electron chi connectivity index (χ1n) is 6.79. The van der Waals surface area contributed by atoms with E-state index in [0.29, 0.717) is 11.7 Å². The van der Waals surface area contributed by atoms with Gasteiger partial charge in [0.1, 0.15) is 5.82 Å². The van der Waals surface area contributed by atoms with Gasteiger partial charge in [-0.05, 0) is 20.8 Å². The molecule has 2 heterocycles. The normalized spacial score (nSPS) is 11.4. The lowest BCUT2D eigenvalue weighted by molar-refractivity contribution is -0.152. The number of nitrogens with zero attached hydrogens (tertiary/aromatic N) is 4. The maximum Gasteiger partial charge on any atom is 0.333 e. The fourth-order valence-corrected chi connectivity index (χ4v) is 2.34. The Bertz CT molecular complexity index is 620. The van der Waals surface area contributed by atoms with Crippen molar-refractivity contribution in [3.63, 3.8) is 0 Å². The van der Waals surface area contributed by atoms with Gasteiger partial charge in [-0.25, -0.2) is 9.78 Å². The summed E-state index contributed by atoms with van der Waals surface area (Å²) in [5.41, 5.74) is -0.0998. The Morgan fingerprint density at radius 1 is 1.48 bits per heavy atom. The fraction of sp³-hybridized carbons (Fsp3) is 0.538. The zero-order valence-corrected chi connectivity index (χ0v) is 13.4. The van der Waals surface area contributed by atoms with E-state index in [1.165, 1.54) is 11.5 Å². The molecule has 2 aromatic heterocycles. The van der Waals surface area contributed by atoms with Crippen molar-refractivity contribution in [1.29, 1.82) is 0 Å². The highest BCUT2D eigenvalue weighted by Gasteiger charge is 2.32. The molecule has 0 bridgehead atoms. The molecule has 0 spiro atoms. The van der Waals surface area contributed by atoms with Crippen molar-refractivity contribution < 1.29 is 9.53 Å². The van der Waals surface area contributed by atoms with E-state index in [1.54, 1.807) is 37.8 Å². The molecule has 0 aromatic carbocycles. The highest BCUT2D eigenvalue weighted by molar-refractivity contribution is 7.09. The number of aryl methyl sites for hydroxylation is 1. The fourth-order valence-electron chi connectivity index (χ4n) is 1.67. The van der Waals surface area contributed by atoms with Gasteiger partial charge < -0.3 is 10.1 Å². The number of aromatic nitrogens is 4. The highest BCUT2D eigenvalue weighted by atomic mass is 32.1. The zero-order chi connectivity index (χ0) is 15.5. The van der Waals surface area contributed by atoms with Crippen molar-refractivity contribution >= 4 is 28.3 Å². The van der Waals surface area contributed by atoms with E-state index < -0.39 is 5.54 Å². The third-order valence-corrected chi connectivity index (χ3v) is 3.63. The molecule has 0 amide bonds. The van der Waals surface area contributed by atoms with Gasteiger partial charge in [0, 0.05) is 24.2 Å². The van der Waals surface area contributed by atoms with Crippen LogP contribution in [-0.2, 0) is 21.5 Å². The van der Waals surface area contributed by atoms with Crippen LogP contribution in [0, 0.1) is 0 Å². The van der Waals surface area contributed by atoms with Crippen molar-refractivity contribution in [3.05, 3.63) is 18.2 Å². The van der Waals surface area contributed by atoms with Crippen molar-refractivity contribution in [1.82, 2.24) is 19.1 Å². The van der Waals surface area contributed by atoms with Crippen LogP contribution in [0.3, 0.4) is 0 Å². The third kappa shape index (κ3) is 3.38. The van der Waals surface area contributed by atoms with Crippen LogP contribution in [0.25, 0.3) is 0 Å². The average Bonchev–Trinajstić information content (AvgIpc) is 3.09. The minimum atomic E-state index is -0.856. The summed E-state index contributed by atoms with van der Waals surface area (Å²) in [7, 11) is 0. The smallest absolute Gasteiger partial charge is 0.333 e. The predicted octanol–water partition coefficient (Wildman–Crippen LogP) is 2.34. The van der Waals surface area contributed by atoms with E-state index in [4.69, 9.17) is 4.74 Å². The first kappa shape index (κ1) is 15.4. The van der Waals surface area contributed by atoms with Gasteiger partial charge >= 0.3 is 5.97 Å². The Morgan fingerprint density at radius 3 is 2.86 bits per heavy atom. The Balaban J connectivity index is 2.12. The Kier molecular flexibility index (Phi) is 4.56. The van der Waals surface area contributed by atoms with Crippen molar-refractivity contribution in [2.24, 2.45) is 0 Å². The maximum atomic E-state index is 12.0.